The third-order valence-electron chi connectivity index (χ3n) is 4.43. The number of imidazole rings is 1. The van der Waals surface area contributed by atoms with Gasteiger partial charge < -0.3 is 9.80 Å². The van der Waals surface area contributed by atoms with E-state index in [1.54, 1.807) is 35.0 Å². The van der Waals surface area contributed by atoms with Gasteiger partial charge in [0, 0.05) is 50.5 Å². The van der Waals surface area contributed by atoms with Gasteiger partial charge in [0.25, 0.3) is 5.91 Å². The number of anilines is 1. The zero-order valence-electron chi connectivity index (χ0n) is 13.7. The van der Waals surface area contributed by atoms with Crippen molar-refractivity contribution >= 4 is 17.4 Å². The molecule has 1 fully saturated rings. The molecule has 0 spiro atoms. The second-order valence-corrected chi connectivity index (χ2v) is 6.06. The third-order valence-corrected chi connectivity index (χ3v) is 4.43. The first-order valence-electron chi connectivity index (χ1n) is 8.30. The number of aromatic nitrogens is 3. The number of carbonyl (C=O) groups excluding carboxylic acids is 1. The van der Waals surface area contributed by atoms with Gasteiger partial charge >= 0.3 is 0 Å². The van der Waals surface area contributed by atoms with Gasteiger partial charge in [0.2, 0.25) is 5.78 Å². The Kier molecular flexibility index (Phi) is 4.05. The molecule has 7 heteroatoms. The Balaban J connectivity index is 1.48. The van der Waals surface area contributed by atoms with E-state index in [0.29, 0.717) is 31.1 Å². The van der Waals surface area contributed by atoms with Crippen molar-refractivity contribution in [1.29, 1.82) is 0 Å². The average Bonchev–Trinajstić information content (AvgIpc) is 2.92. The average molecular weight is 339 g/mol. The number of nitrogens with zero attached hydrogens (tertiary/aromatic N) is 5. The summed E-state index contributed by atoms with van der Waals surface area (Å²) in [7, 11) is 0. The second-order valence-electron chi connectivity index (χ2n) is 6.06. The standard InChI is InChI=1S/C18H18FN5O/c19-14-3-5-15(6-4-14)22-9-2-10-23(12-11-22)17(25)16-13-24-8-1-7-20-18(24)21-16/h1,3-8,13H,2,9-12H2. The molecule has 0 aliphatic carbocycles. The lowest BCUT2D eigenvalue weighted by molar-refractivity contribution is 0.0762. The summed E-state index contributed by atoms with van der Waals surface area (Å²) in [5, 5.41) is 0. The Morgan fingerprint density at radius 3 is 2.72 bits per heavy atom. The highest BCUT2D eigenvalue weighted by Gasteiger charge is 2.22. The summed E-state index contributed by atoms with van der Waals surface area (Å²) in [4.78, 5) is 25.2. The maximum atomic E-state index is 13.1. The Hall–Kier alpha value is -2.96. The Morgan fingerprint density at radius 1 is 1.08 bits per heavy atom. The molecule has 0 radical (unpaired) electrons. The van der Waals surface area contributed by atoms with Crippen LogP contribution in [0.5, 0.6) is 0 Å². The smallest absolute Gasteiger partial charge is 0.274 e. The molecule has 4 rings (SSSR count). The number of hydrogen-bond acceptors (Lipinski definition) is 4. The molecule has 0 saturated carbocycles. The Bertz CT molecular complexity index is 859. The zero-order valence-corrected chi connectivity index (χ0v) is 13.7. The summed E-state index contributed by atoms with van der Waals surface area (Å²) in [5.74, 6) is 0.205. The van der Waals surface area contributed by atoms with Gasteiger partial charge in [0.05, 0.1) is 0 Å². The van der Waals surface area contributed by atoms with Crippen LogP contribution in [0, 0.1) is 5.82 Å². The molecule has 128 valence electrons. The molecule has 0 bridgehead atoms. The lowest BCUT2D eigenvalue weighted by Gasteiger charge is -2.23. The van der Waals surface area contributed by atoms with Gasteiger partial charge in [-0.2, -0.15) is 0 Å². The quantitative estimate of drug-likeness (QED) is 0.718. The molecule has 1 aliphatic rings. The van der Waals surface area contributed by atoms with Crippen LogP contribution in [-0.2, 0) is 0 Å². The number of amides is 1. The molecule has 3 aromatic rings. The first-order chi connectivity index (χ1) is 12.2. The molecule has 0 N–H and O–H groups in total. The van der Waals surface area contributed by atoms with E-state index in [0.717, 1.165) is 18.7 Å². The fourth-order valence-electron chi connectivity index (χ4n) is 3.13. The van der Waals surface area contributed by atoms with Crippen LogP contribution in [0.2, 0.25) is 0 Å². The molecule has 0 atom stereocenters. The van der Waals surface area contributed by atoms with Crippen LogP contribution in [0.15, 0.2) is 48.9 Å². The van der Waals surface area contributed by atoms with Crippen molar-refractivity contribution in [3.8, 4) is 0 Å². The number of carbonyl (C=O) groups is 1. The molecule has 1 aromatic carbocycles. The lowest BCUT2D eigenvalue weighted by Crippen LogP contribution is -2.35. The molecule has 1 saturated heterocycles. The summed E-state index contributed by atoms with van der Waals surface area (Å²) in [6.45, 7) is 2.83. The molecular formula is C18H18FN5O. The topological polar surface area (TPSA) is 53.7 Å². The van der Waals surface area contributed by atoms with Crippen molar-refractivity contribution in [2.75, 3.05) is 31.1 Å². The minimum Gasteiger partial charge on any atom is -0.370 e. The Morgan fingerprint density at radius 2 is 1.92 bits per heavy atom. The van der Waals surface area contributed by atoms with E-state index in [-0.39, 0.29) is 11.7 Å². The van der Waals surface area contributed by atoms with Gasteiger partial charge in [-0.1, -0.05) is 0 Å². The fourth-order valence-corrected chi connectivity index (χ4v) is 3.13. The monoisotopic (exact) mass is 339 g/mol. The predicted octanol–water partition coefficient (Wildman–Crippen LogP) is 2.22. The normalized spacial score (nSPS) is 15.4. The van der Waals surface area contributed by atoms with Crippen LogP contribution in [-0.4, -0.2) is 51.4 Å². The van der Waals surface area contributed by atoms with E-state index in [2.05, 4.69) is 14.9 Å². The third kappa shape index (κ3) is 3.17. The first-order valence-corrected chi connectivity index (χ1v) is 8.30. The van der Waals surface area contributed by atoms with Gasteiger partial charge in [0.15, 0.2) is 0 Å². The van der Waals surface area contributed by atoms with Crippen molar-refractivity contribution in [3.63, 3.8) is 0 Å². The summed E-state index contributed by atoms with van der Waals surface area (Å²) < 4.78 is 14.8. The van der Waals surface area contributed by atoms with Gasteiger partial charge in [0.1, 0.15) is 11.5 Å². The van der Waals surface area contributed by atoms with Crippen LogP contribution in [0.1, 0.15) is 16.9 Å². The highest BCUT2D eigenvalue weighted by atomic mass is 19.1. The van der Waals surface area contributed by atoms with E-state index in [1.807, 2.05) is 11.1 Å². The van der Waals surface area contributed by atoms with Crippen molar-refractivity contribution in [2.24, 2.45) is 0 Å². The first kappa shape index (κ1) is 15.6. The minimum absolute atomic E-state index is 0.0774. The number of halogens is 1. The van der Waals surface area contributed by atoms with Crippen LogP contribution in [0.4, 0.5) is 10.1 Å². The predicted molar refractivity (Wildman–Crippen MR) is 92.1 cm³/mol. The summed E-state index contributed by atoms with van der Waals surface area (Å²) >= 11 is 0. The number of rotatable bonds is 2. The summed E-state index contributed by atoms with van der Waals surface area (Å²) in [6, 6.07) is 8.29. The fraction of sp³-hybridized carbons (Fsp3) is 0.278. The summed E-state index contributed by atoms with van der Waals surface area (Å²) in [6.07, 6.45) is 6.05. The number of fused-ring (bicyclic) bond motifs is 1. The van der Waals surface area contributed by atoms with Crippen molar-refractivity contribution < 1.29 is 9.18 Å². The molecule has 3 heterocycles. The molecule has 1 amide bonds. The van der Waals surface area contributed by atoms with E-state index < -0.39 is 0 Å². The maximum absolute atomic E-state index is 13.1. The van der Waals surface area contributed by atoms with Crippen molar-refractivity contribution in [1.82, 2.24) is 19.3 Å². The van der Waals surface area contributed by atoms with E-state index in [9.17, 15) is 9.18 Å². The van der Waals surface area contributed by atoms with Gasteiger partial charge in [-0.25, -0.2) is 14.4 Å². The van der Waals surface area contributed by atoms with Crippen LogP contribution in [0.3, 0.4) is 0 Å². The number of hydrogen-bond donors (Lipinski definition) is 0. The van der Waals surface area contributed by atoms with E-state index >= 15 is 0 Å². The summed E-state index contributed by atoms with van der Waals surface area (Å²) in [5.41, 5.74) is 1.39. The van der Waals surface area contributed by atoms with Crippen LogP contribution < -0.4 is 4.90 Å². The van der Waals surface area contributed by atoms with E-state index in [1.165, 1.54) is 12.1 Å². The highest BCUT2D eigenvalue weighted by molar-refractivity contribution is 5.92. The molecule has 25 heavy (non-hydrogen) atoms. The molecule has 2 aromatic heterocycles. The zero-order chi connectivity index (χ0) is 17.2. The van der Waals surface area contributed by atoms with Crippen molar-refractivity contribution in [2.45, 2.75) is 6.42 Å². The molecule has 0 unspecified atom stereocenters. The van der Waals surface area contributed by atoms with Gasteiger partial charge in [-0.05, 0) is 36.8 Å². The highest BCUT2D eigenvalue weighted by Crippen LogP contribution is 2.18. The second kappa shape index (κ2) is 6.51. The lowest BCUT2D eigenvalue weighted by atomic mass is 10.2. The Labute approximate surface area is 144 Å². The van der Waals surface area contributed by atoms with E-state index in [4.69, 9.17) is 0 Å². The maximum Gasteiger partial charge on any atom is 0.274 e. The van der Waals surface area contributed by atoms with Gasteiger partial charge in [-0.3, -0.25) is 9.20 Å². The molecule has 1 aliphatic heterocycles. The minimum atomic E-state index is -0.240. The number of benzene rings is 1. The largest absolute Gasteiger partial charge is 0.370 e. The molecule has 6 nitrogen and oxygen atoms in total. The van der Waals surface area contributed by atoms with Crippen LogP contribution in [0.25, 0.3) is 5.78 Å². The van der Waals surface area contributed by atoms with Crippen LogP contribution >= 0.6 is 0 Å². The van der Waals surface area contributed by atoms with Crippen molar-refractivity contribution in [3.05, 3.63) is 60.4 Å². The van der Waals surface area contributed by atoms with Gasteiger partial charge in [-0.15, -0.1) is 0 Å². The molecular weight excluding hydrogens is 321 g/mol. The SMILES string of the molecule is O=C(c1cn2cccnc2n1)N1CCCN(c2ccc(F)cc2)CC1.